The standard InChI is InChI=1S/C17H25ClN2O/c1-5-14(6-2)20-16(12-8-7-9-13(18)10-12)19-15(11(3)4)17(20)21/h7-11,14-16,19H,5-6H2,1-4H3. The molecule has 0 saturated carbocycles. The van der Waals surface area contributed by atoms with E-state index in [1.807, 2.05) is 29.2 Å². The molecular weight excluding hydrogens is 284 g/mol. The lowest BCUT2D eigenvalue weighted by Gasteiger charge is -2.32. The molecule has 1 fully saturated rings. The zero-order valence-electron chi connectivity index (χ0n) is 13.3. The fraction of sp³-hybridized carbons (Fsp3) is 0.588. The lowest BCUT2D eigenvalue weighted by Crippen LogP contribution is -2.40. The van der Waals surface area contributed by atoms with Crippen LogP contribution in [-0.2, 0) is 4.79 Å². The molecule has 3 nitrogen and oxygen atoms in total. The Labute approximate surface area is 132 Å². The van der Waals surface area contributed by atoms with Crippen molar-refractivity contribution in [1.29, 1.82) is 0 Å². The molecule has 1 saturated heterocycles. The maximum absolute atomic E-state index is 12.8. The molecule has 2 unspecified atom stereocenters. The van der Waals surface area contributed by atoms with E-state index in [1.54, 1.807) is 0 Å². The molecule has 1 amide bonds. The van der Waals surface area contributed by atoms with Gasteiger partial charge in [-0.2, -0.15) is 0 Å². The predicted molar refractivity (Wildman–Crippen MR) is 87.2 cm³/mol. The van der Waals surface area contributed by atoms with Crippen LogP contribution in [0.5, 0.6) is 0 Å². The minimum atomic E-state index is -0.116. The summed E-state index contributed by atoms with van der Waals surface area (Å²) in [6, 6.07) is 7.94. The van der Waals surface area contributed by atoms with Gasteiger partial charge >= 0.3 is 0 Å². The van der Waals surface area contributed by atoms with Gasteiger partial charge in [0.25, 0.3) is 0 Å². The van der Waals surface area contributed by atoms with Crippen molar-refractivity contribution in [2.45, 2.75) is 58.8 Å². The number of carbonyl (C=O) groups is 1. The molecule has 0 aliphatic carbocycles. The van der Waals surface area contributed by atoms with E-state index < -0.39 is 0 Å². The maximum atomic E-state index is 12.8. The molecule has 21 heavy (non-hydrogen) atoms. The number of carbonyl (C=O) groups excluding carboxylic acids is 1. The second-order valence-corrected chi connectivity index (χ2v) is 6.50. The van der Waals surface area contributed by atoms with Gasteiger partial charge in [-0.05, 0) is 36.5 Å². The lowest BCUT2D eigenvalue weighted by atomic mass is 10.0. The normalized spacial score (nSPS) is 22.6. The van der Waals surface area contributed by atoms with Gasteiger partial charge in [0.1, 0.15) is 6.17 Å². The summed E-state index contributed by atoms with van der Waals surface area (Å²) in [7, 11) is 0. The Hall–Kier alpha value is -1.06. The molecule has 0 bridgehead atoms. The highest BCUT2D eigenvalue weighted by Gasteiger charge is 2.43. The van der Waals surface area contributed by atoms with Crippen molar-refractivity contribution in [3.8, 4) is 0 Å². The first kappa shape index (κ1) is 16.3. The Morgan fingerprint density at radius 3 is 2.48 bits per heavy atom. The van der Waals surface area contributed by atoms with Crippen molar-refractivity contribution in [2.24, 2.45) is 5.92 Å². The smallest absolute Gasteiger partial charge is 0.241 e. The lowest BCUT2D eigenvalue weighted by molar-refractivity contribution is -0.133. The van der Waals surface area contributed by atoms with E-state index in [1.165, 1.54) is 0 Å². The Balaban J connectivity index is 2.38. The zero-order chi connectivity index (χ0) is 15.6. The summed E-state index contributed by atoms with van der Waals surface area (Å²) < 4.78 is 0. The van der Waals surface area contributed by atoms with E-state index in [4.69, 9.17) is 11.6 Å². The molecule has 0 spiro atoms. The van der Waals surface area contributed by atoms with Gasteiger partial charge in [0, 0.05) is 11.1 Å². The fourth-order valence-electron chi connectivity index (χ4n) is 3.09. The molecule has 1 aliphatic heterocycles. The highest BCUT2D eigenvalue weighted by molar-refractivity contribution is 6.30. The first-order chi connectivity index (χ1) is 9.99. The molecule has 1 N–H and O–H groups in total. The summed E-state index contributed by atoms with van der Waals surface area (Å²) >= 11 is 6.12. The summed E-state index contributed by atoms with van der Waals surface area (Å²) in [5, 5.41) is 4.21. The monoisotopic (exact) mass is 308 g/mol. The molecule has 1 aliphatic rings. The number of rotatable bonds is 5. The van der Waals surface area contributed by atoms with E-state index in [-0.39, 0.29) is 30.1 Å². The number of halogens is 1. The second-order valence-electron chi connectivity index (χ2n) is 6.06. The topological polar surface area (TPSA) is 32.3 Å². The molecule has 2 rings (SSSR count). The number of hydrogen-bond donors (Lipinski definition) is 1. The first-order valence-corrected chi connectivity index (χ1v) is 8.21. The zero-order valence-corrected chi connectivity index (χ0v) is 14.0. The van der Waals surface area contributed by atoms with Crippen molar-refractivity contribution >= 4 is 17.5 Å². The number of hydrogen-bond acceptors (Lipinski definition) is 2. The molecule has 1 aromatic rings. The largest absolute Gasteiger partial charge is 0.319 e. The summed E-state index contributed by atoms with van der Waals surface area (Å²) in [6.45, 7) is 8.44. The highest BCUT2D eigenvalue weighted by atomic mass is 35.5. The molecule has 2 atom stereocenters. The van der Waals surface area contributed by atoms with E-state index >= 15 is 0 Å². The molecule has 1 aromatic carbocycles. The van der Waals surface area contributed by atoms with Gasteiger partial charge in [-0.3, -0.25) is 10.1 Å². The van der Waals surface area contributed by atoms with Crippen LogP contribution in [0.2, 0.25) is 5.02 Å². The van der Waals surface area contributed by atoms with Gasteiger partial charge in [-0.1, -0.05) is 51.4 Å². The minimum absolute atomic E-state index is 0.0755. The van der Waals surface area contributed by atoms with Crippen LogP contribution in [0, 0.1) is 5.92 Å². The van der Waals surface area contributed by atoms with Gasteiger partial charge in [-0.25, -0.2) is 0 Å². The quantitative estimate of drug-likeness (QED) is 0.892. The molecule has 4 heteroatoms. The number of benzene rings is 1. The maximum Gasteiger partial charge on any atom is 0.241 e. The van der Waals surface area contributed by atoms with E-state index in [2.05, 4.69) is 33.0 Å². The van der Waals surface area contributed by atoms with Crippen LogP contribution in [0.15, 0.2) is 24.3 Å². The van der Waals surface area contributed by atoms with Crippen LogP contribution < -0.4 is 5.32 Å². The molecule has 116 valence electrons. The average molecular weight is 309 g/mol. The van der Waals surface area contributed by atoms with Gasteiger partial charge in [0.15, 0.2) is 0 Å². The van der Waals surface area contributed by atoms with Gasteiger partial charge in [0.05, 0.1) is 6.04 Å². The van der Waals surface area contributed by atoms with E-state index in [0.717, 1.165) is 18.4 Å². The Morgan fingerprint density at radius 2 is 1.95 bits per heavy atom. The van der Waals surface area contributed by atoms with Crippen LogP contribution in [0.4, 0.5) is 0 Å². The van der Waals surface area contributed by atoms with E-state index in [9.17, 15) is 4.79 Å². The molecule has 0 aromatic heterocycles. The number of nitrogens with zero attached hydrogens (tertiary/aromatic N) is 1. The third-order valence-corrected chi connectivity index (χ3v) is 4.54. The first-order valence-electron chi connectivity index (χ1n) is 7.83. The second kappa shape index (κ2) is 6.80. The number of nitrogens with one attached hydrogen (secondary N) is 1. The third kappa shape index (κ3) is 3.24. The van der Waals surface area contributed by atoms with Crippen LogP contribution in [0.3, 0.4) is 0 Å². The summed E-state index contributed by atoms with van der Waals surface area (Å²) in [5.41, 5.74) is 1.06. The van der Waals surface area contributed by atoms with Crippen LogP contribution in [0.1, 0.15) is 52.3 Å². The Morgan fingerprint density at radius 1 is 1.29 bits per heavy atom. The van der Waals surface area contributed by atoms with Crippen LogP contribution in [0.25, 0.3) is 0 Å². The van der Waals surface area contributed by atoms with Crippen LogP contribution in [-0.4, -0.2) is 22.9 Å². The SMILES string of the molecule is CCC(CC)N1C(=O)C(C(C)C)NC1c1cccc(Cl)c1. The fourth-order valence-corrected chi connectivity index (χ4v) is 3.29. The van der Waals surface area contributed by atoms with Crippen molar-refractivity contribution in [3.63, 3.8) is 0 Å². The average Bonchev–Trinajstić information content (AvgIpc) is 2.79. The van der Waals surface area contributed by atoms with Crippen molar-refractivity contribution in [2.75, 3.05) is 0 Å². The molecule has 0 radical (unpaired) electrons. The summed E-state index contributed by atoms with van der Waals surface area (Å²) in [6.07, 6.45) is 1.85. The highest BCUT2D eigenvalue weighted by Crippen LogP contribution is 2.32. The van der Waals surface area contributed by atoms with Crippen molar-refractivity contribution in [1.82, 2.24) is 10.2 Å². The van der Waals surface area contributed by atoms with Gasteiger partial charge in [-0.15, -0.1) is 0 Å². The van der Waals surface area contributed by atoms with E-state index in [0.29, 0.717) is 5.02 Å². The van der Waals surface area contributed by atoms with Crippen molar-refractivity contribution < 1.29 is 4.79 Å². The van der Waals surface area contributed by atoms with Crippen molar-refractivity contribution in [3.05, 3.63) is 34.9 Å². The molecular formula is C17H25ClN2O. The number of amides is 1. The Bertz CT molecular complexity index is 499. The minimum Gasteiger partial charge on any atom is -0.319 e. The van der Waals surface area contributed by atoms with Gasteiger partial charge < -0.3 is 4.90 Å². The summed E-state index contributed by atoms with van der Waals surface area (Å²) in [4.78, 5) is 14.8. The van der Waals surface area contributed by atoms with Crippen LogP contribution >= 0.6 is 11.6 Å². The predicted octanol–water partition coefficient (Wildman–Crippen LogP) is 3.98. The van der Waals surface area contributed by atoms with Gasteiger partial charge in [0.2, 0.25) is 5.91 Å². The summed E-state index contributed by atoms with van der Waals surface area (Å²) in [5.74, 6) is 0.488. The third-order valence-electron chi connectivity index (χ3n) is 4.30. The molecule has 1 heterocycles. The Kier molecular flexibility index (Phi) is 5.28.